The average molecular weight is 368 g/mol. The Morgan fingerprint density at radius 2 is 1.65 bits per heavy atom. The largest absolute Gasteiger partial charge is 0.392 e. The summed E-state index contributed by atoms with van der Waals surface area (Å²) in [6.45, 7) is 8.86. The SMILES string of the molecule is C=C1[C@@H](O)C[C@H](O)C(C)(C)C(=O)[C@H](O)C[C@]23C[C@@](C)(O)[C@H](CC[C@@H]12)[C@@H]3O. The predicted octanol–water partition coefficient (Wildman–Crippen LogP) is 0.543. The molecule has 2 bridgehead atoms. The first-order chi connectivity index (χ1) is 11.8. The lowest BCUT2D eigenvalue weighted by Crippen LogP contribution is -2.53. The van der Waals surface area contributed by atoms with Gasteiger partial charge in [0.25, 0.3) is 0 Å². The summed E-state index contributed by atoms with van der Waals surface area (Å²) >= 11 is 0. The van der Waals surface area contributed by atoms with Crippen molar-refractivity contribution in [1.29, 1.82) is 0 Å². The van der Waals surface area contributed by atoms with E-state index in [2.05, 4.69) is 6.58 Å². The highest BCUT2D eigenvalue weighted by Gasteiger charge is 2.65. The summed E-state index contributed by atoms with van der Waals surface area (Å²) in [4.78, 5) is 12.8. The number of aliphatic hydroxyl groups excluding tert-OH is 4. The molecule has 0 saturated heterocycles. The van der Waals surface area contributed by atoms with Gasteiger partial charge in [0.2, 0.25) is 0 Å². The third-order valence-electron chi connectivity index (χ3n) is 7.58. The summed E-state index contributed by atoms with van der Waals surface area (Å²) in [5.41, 5.74) is -2.72. The van der Waals surface area contributed by atoms with Crippen molar-refractivity contribution in [2.75, 3.05) is 0 Å². The number of ketones is 1. The zero-order valence-electron chi connectivity index (χ0n) is 15.9. The lowest BCUT2D eigenvalue weighted by molar-refractivity contribution is -0.149. The molecule has 148 valence electrons. The van der Waals surface area contributed by atoms with Crippen LogP contribution in [0.15, 0.2) is 12.2 Å². The maximum Gasteiger partial charge on any atom is 0.169 e. The zero-order valence-corrected chi connectivity index (χ0v) is 15.9. The van der Waals surface area contributed by atoms with Crippen molar-refractivity contribution >= 4 is 5.78 Å². The van der Waals surface area contributed by atoms with E-state index in [0.29, 0.717) is 18.4 Å². The lowest BCUT2D eigenvalue weighted by atomic mass is 9.58. The molecule has 0 aromatic heterocycles. The van der Waals surface area contributed by atoms with Gasteiger partial charge in [-0.2, -0.15) is 0 Å². The van der Waals surface area contributed by atoms with E-state index in [1.165, 1.54) is 0 Å². The second-order valence-electron chi connectivity index (χ2n) is 9.60. The highest BCUT2D eigenvalue weighted by molar-refractivity contribution is 5.88. The summed E-state index contributed by atoms with van der Waals surface area (Å²) in [6.07, 6.45) is -2.96. The molecule has 1 spiro atoms. The molecule has 0 aliphatic heterocycles. The number of aliphatic hydroxyl groups is 5. The van der Waals surface area contributed by atoms with E-state index in [1.54, 1.807) is 20.8 Å². The van der Waals surface area contributed by atoms with E-state index in [1.807, 2.05) is 0 Å². The number of carbonyl (C=O) groups excluding carboxylic acids is 1. The summed E-state index contributed by atoms with van der Waals surface area (Å²) < 4.78 is 0. The first-order valence-electron chi connectivity index (χ1n) is 9.52. The standard InChI is InChI=1S/C20H32O6/c1-10-11-5-6-12-16(24)20(11,9-19(12,4)26)8-14(22)17(25)18(2,3)15(23)7-13(10)21/h11-16,21-24,26H,1,5-9H2,2-4H3/t11-,12+,13-,14+,15-,16-,19+,20-/m0/s1. The Balaban J connectivity index is 2.09. The van der Waals surface area contributed by atoms with Crippen LogP contribution < -0.4 is 0 Å². The van der Waals surface area contributed by atoms with Crippen molar-refractivity contribution < 1.29 is 30.3 Å². The zero-order chi connectivity index (χ0) is 19.7. The normalized spacial score (nSPS) is 51.8. The first-order valence-corrected chi connectivity index (χ1v) is 9.52. The monoisotopic (exact) mass is 368 g/mol. The summed E-state index contributed by atoms with van der Waals surface area (Å²) in [5.74, 6) is -1.15. The van der Waals surface area contributed by atoms with Crippen LogP contribution in [0.1, 0.15) is 52.9 Å². The number of hydrogen-bond acceptors (Lipinski definition) is 6. The summed E-state index contributed by atoms with van der Waals surface area (Å²) in [7, 11) is 0. The Bertz CT molecular complexity index is 611. The van der Waals surface area contributed by atoms with Gasteiger partial charge in [-0.3, -0.25) is 4.79 Å². The number of hydrogen-bond donors (Lipinski definition) is 5. The van der Waals surface area contributed by atoms with Crippen molar-refractivity contribution in [3.63, 3.8) is 0 Å². The Hall–Kier alpha value is -0.790. The fourth-order valence-corrected chi connectivity index (χ4v) is 5.90. The van der Waals surface area contributed by atoms with Gasteiger partial charge < -0.3 is 25.5 Å². The van der Waals surface area contributed by atoms with E-state index >= 15 is 0 Å². The Morgan fingerprint density at radius 1 is 1.04 bits per heavy atom. The molecule has 0 aromatic carbocycles. The second kappa shape index (κ2) is 6.11. The minimum absolute atomic E-state index is 0.00773. The fourth-order valence-electron chi connectivity index (χ4n) is 5.90. The molecule has 0 aromatic rings. The fraction of sp³-hybridized carbons (Fsp3) is 0.850. The van der Waals surface area contributed by atoms with Crippen LogP contribution in [0.25, 0.3) is 0 Å². The van der Waals surface area contributed by atoms with Gasteiger partial charge in [0, 0.05) is 17.8 Å². The van der Waals surface area contributed by atoms with Crippen LogP contribution in [-0.4, -0.2) is 61.3 Å². The van der Waals surface area contributed by atoms with Gasteiger partial charge in [0.15, 0.2) is 5.78 Å². The van der Waals surface area contributed by atoms with Gasteiger partial charge in [-0.15, -0.1) is 0 Å². The highest BCUT2D eigenvalue weighted by Crippen LogP contribution is 2.63. The van der Waals surface area contributed by atoms with Crippen LogP contribution in [-0.2, 0) is 4.79 Å². The Morgan fingerprint density at radius 3 is 2.27 bits per heavy atom. The topological polar surface area (TPSA) is 118 Å². The van der Waals surface area contributed by atoms with Gasteiger partial charge in [-0.05, 0) is 44.1 Å². The average Bonchev–Trinajstić information content (AvgIpc) is 2.65. The molecule has 3 aliphatic carbocycles. The molecule has 3 saturated carbocycles. The highest BCUT2D eigenvalue weighted by atomic mass is 16.3. The van der Waals surface area contributed by atoms with Gasteiger partial charge in [0.05, 0.1) is 29.3 Å². The van der Waals surface area contributed by atoms with Crippen LogP contribution in [0.4, 0.5) is 0 Å². The van der Waals surface area contributed by atoms with Crippen molar-refractivity contribution in [1.82, 2.24) is 0 Å². The molecule has 3 rings (SSSR count). The van der Waals surface area contributed by atoms with Crippen molar-refractivity contribution in [3.05, 3.63) is 12.2 Å². The molecule has 6 heteroatoms. The van der Waals surface area contributed by atoms with Crippen LogP contribution in [0.2, 0.25) is 0 Å². The summed E-state index contributed by atoms with van der Waals surface area (Å²) in [5, 5.41) is 53.7. The quantitative estimate of drug-likeness (QED) is 0.398. The molecule has 3 fully saturated rings. The van der Waals surface area contributed by atoms with Crippen LogP contribution >= 0.6 is 0 Å². The van der Waals surface area contributed by atoms with Crippen molar-refractivity contribution in [2.45, 2.75) is 82.9 Å². The number of fused-ring (bicyclic) bond motifs is 1. The first kappa shape index (κ1) is 20.0. The van der Waals surface area contributed by atoms with E-state index < -0.39 is 46.6 Å². The van der Waals surface area contributed by atoms with Crippen molar-refractivity contribution in [2.24, 2.45) is 22.7 Å². The van der Waals surface area contributed by atoms with Crippen LogP contribution in [0.3, 0.4) is 0 Å². The second-order valence-corrected chi connectivity index (χ2v) is 9.60. The molecule has 5 N–H and O–H groups in total. The smallest absolute Gasteiger partial charge is 0.169 e. The Labute approximate surface area is 154 Å². The minimum atomic E-state index is -1.35. The summed E-state index contributed by atoms with van der Waals surface area (Å²) in [6, 6.07) is 0. The molecule has 26 heavy (non-hydrogen) atoms. The predicted molar refractivity (Wildman–Crippen MR) is 95.1 cm³/mol. The van der Waals surface area contributed by atoms with Gasteiger partial charge >= 0.3 is 0 Å². The molecule has 0 heterocycles. The van der Waals surface area contributed by atoms with E-state index in [9.17, 15) is 30.3 Å². The molecule has 6 nitrogen and oxygen atoms in total. The Kier molecular flexibility index (Phi) is 4.69. The molecule has 0 radical (unpaired) electrons. The third-order valence-corrected chi connectivity index (χ3v) is 7.58. The van der Waals surface area contributed by atoms with E-state index in [0.717, 1.165) is 0 Å². The van der Waals surface area contributed by atoms with Crippen LogP contribution in [0.5, 0.6) is 0 Å². The van der Waals surface area contributed by atoms with Gasteiger partial charge in [-0.1, -0.05) is 20.4 Å². The van der Waals surface area contributed by atoms with Gasteiger partial charge in [0.1, 0.15) is 6.10 Å². The van der Waals surface area contributed by atoms with Gasteiger partial charge in [-0.25, -0.2) is 0 Å². The maximum absolute atomic E-state index is 12.8. The lowest BCUT2D eigenvalue weighted by Gasteiger charge is -2.48. The number of rotatable bonds is 0. The van der Waals surface area contributed by atoms with Crippen LogP contribution in [0, 0.1) is 22.7 Å². The molecule has 8 atom stereocenters. The molecular weight excluding hydrogens is 336 g/mol. The van der Waals surface area contributed by atoms with E-state index in [4.69, 9.17) is 0 Å². The van der Waals surface area contributed by atoms with Crippen molar-refractivity contribution in [3.8, 4) is 0 Å². The molecule has 3 aliphatic rings. The third kappa shape index (κ3) is 2.69. The maximum atomic E-state index is 12.8. The van der Waals surface area contributed by atoms with E-state index in [-0.39, 0.29) is 31.1 Å². The minimum Gasteiger partial charge on any atom is -0.392 e. The number of carbonyl (C=O) groups is 1. The molecule has 0 amide bonds. The molecule has 0 unspecified atom stereocenters. The number of Topliss-reactive ketones (excluding diaryl/α,β-unsaturated/α-hetero) is 1. The molecular formula is C20H32O6.